The van der Waals surface area contributed by atoms with Crippen molar-refractivity contribution in [2.75, 3.05) is 38.6 Å². The van der Waals surface area contributed by atoms with E-state index in [4.69, 9.17) is 9.47 Å². The number of aromatic nitrogens is 1. The number of benzene rings is 1. The van der Waals surface area contributed by atoms with Gasteiger partial charge in [0.25, 0.3) is 5.91 Å². The van der Waals surface area contributed by atoms with Crippen LogP contribution in [0.2, 0.25) is 0 Å². The van der Waals surface area contributed by atoms with Crippen molar-refractivity contribution in [3.05, 3.63) is 48.3 Å². The Labute approximate surface area is 207 Å². The maximum atomic E-state index is 13.3. The second-order valence-corrected chi connectivity index (χ2v) is 9.60. The predicted molar refractivity (Wildman–Crippen MR) is 134 cm³/mol. The first kappa shape index (κ1) is 26.1. The summed E-state index contributed by atoms with van der Waals surface area (Å²) in [4.78, 5) is 41.6. The molecule has 0 atom stereocenters. The largest absolute Gasteiger partial charge is 0.497 e. The lowest BCUT2D eigenvalue weighted by atomic mass is 10.0. The van der Waals surface area contributed by atoms with Crippen molar-refractivity contribution in [1.29, 1.82) is 0 Å². The molecule has 9 nitrogen and oxygen atoms in total. The number of carbonyl (C=O) groups is 3. The van der Waals surface area contributed by atoms with Crippen molar-refractivity contribution in [3.8, 4) is 5.75 Å². The molecular formula is C26H36N4O5. The fraction of sp³-hybridized carbons (Fsp3) is 0.500. The maximum Gasteiger partial charge on any atom is 0.410 e. The molecule has 0 unspecified atom stereocenters. The van der Waals surface area contributed by atoms with Crippen LogP contribution >= 0.6 is 0 Å². The third-order valence-corrected chi connectivity index (χ3v) is 5.86. The summed E-state index contributed by atoms with van der Waals surface area (Å²) in [5.74, 6) is 0.159. The number of methoxy groups -OCH3 is 1. The molecule has 2 aromatic rings. The van der Waals surface area contributed by atoms with Gasteiger partial charge >= 0.3 is 6.09 Å². The summed E-state index contributed by atoms with van der Waals surface area (Å²) in [6, 6.07) is 10.8. The molecule has 1 aromatic heterocycles. The Bertz CT molecular complexity index is 1030. The molecule has 0 radical (unpaired) electrons. The van der Waals surface area contributed by atoms with Gasteiger partial charge in [-0.2, -0.15) is 0 Å². The third-order valence-electron chi connectivity index (χ3n) is 5.86. The molecule has 35 heavy (non-hydrogen) atoms. The highest BCUT2D eigenvalue weighted by molar-refractivity contribution is 5.98. The minimum absolute atomic E-state index is 0.0607. The van der Waals surface area contributed by atoms with Crippen LogP contribution < -0.4 is 10.1 Å². The van der Waals surface area contributed by atoms with Crippen LogP contribution in [0.5, 0.6) is 5.75 Å². The van der Waals surface area contributed by atoms with Gasteiger partial charge in [0.05, 0.1) is 7.11 Å². The molecule has 1 fully saturated rings. The van der Waals surface area contributed by atoms with E-state index >= 15 is 0 Å². The van der Waals surface area contributed by atoms with Crippen LogP contribution in [0.3, 0.4) is 0 Å². The number of ether oxygens (including phenoxy) is 2. The van der Waals surface area contributed by atoms with Gasteiger partial charge in [-0.05, 0) is 64.8 Å². The van der Waals surface area contributed by atoms with E-state index in [2.05, 4.69) is 5.32 Å². The van der Waals surface area contributed by atoms with Gasteiger partial charge in [-0.25, -0.2) is 4.79 Å². The Morgan fingerprint density at radius 2 is 1.83 bits per heavy atom. The molecule has 1 aromatic carbocycles. The Morgan fingerprint density at radius 1 is 1.11 bits per heavy atom. The molecular weight excluding hydrogens is 448 g/mol. The standard InChI is InChI=1S/C26H36N4O5/c1-6-28(18-23(31)27-19-9-7-10-21(17-19)34-5)24(32)22-11-8-14-30(22)20-12-15-29(16-13-20)25(33)35-26(2,3)4/h7-11,14,17,20H,6,12-13,15-16,18H2,1-5H3,(H,27,31). The molecule has 0 saturated carbocycles. The summed E-state index contributed by atoms with van der Waals surface area (Å²) in [5.41, 5.74) is 0.617. The normalized spacial score (nSPS) is 14.4. The van der Waals surface area contributed by atoms with Gasteiger partial charge in [0.2, 0.25) is 5.91 Å². The Hall–Kier alpha value is -3.49. The van der Waals surface area contributed by atoms with Gasteiger partial charge in [-0.15, -0.1) is 0 Å². The van der Waals surface area contributed by atoms with Crippen molar-refractivity contribution in [3.63, 3.8) is 0 Å². The molecule has 3 amide bonds. The average Bonchev–Trinajstić information content (AvgIpc) is 3.31. The summed E-state index contributed by atoms with van der Waals surface area (Å²) in [5, 5.41) is 2.82. The fourth-order valence-corrected chi connectivity index (χ4v) is 4.11. The van der Waals surface area contributed by atoms with E-state index in [-0.39, 0.29) is 30.5 Å². The van der Waals surface area contributed by atoms with E-state index in [1.807, 2.05) is 44.5 Å². The van der Waals surface area contributed by atoms with Gasteiger partial charge < -0.3 is 29.2 Å². The van der Waals surface area contributed by atoms with Crippen LogP contribution in [0.1, 0.15) is 57.1 Å². The van der Waals surface area contributed by atoms with Gasteiger partial charge in [-0.1, -0.05) is 6.07 Å². The highest BCUT2D eigenvalue weighted by Gasteiger charge is 2.29. The van der Waals surface area contributed by atoms with Crippen LogP contribution in [-0.4, -0.2) is 71.2 Å². The minimum Gasteiger partial charge on any atom is -0.497 e. The molecule has 1 saturated heterocycles. The number of likely N-dealkylation sites (N-methyl/N-ethyl adjacent to an activating group) is 1. The van der Waals surface area contributed by atoms with Crippen LogP contribution in [0.25, 0.3) is 0 Å². The van der Waals surface area contributed by atoms with Crippen LogP contribution in [0.15, 0.2) is 42.6 Å². The monoisotopic (exact) mass is 484 g/mol. The number of nitrogens with one attached hydrogen (secondary N) is 1. The van der Waals surface area contributed by atoms with E-state index in [0.29, 0.717) is 36.8 Å². The summed E-state index contributed by atoms with van der Waals surface area (Å²) in [6.45, 7) is 8.87. The zero-order valence-electron chi connectivity index (χ0n) is 21.2. The number of rotatable bonds is 7. The Balaban J connectivity index is 1.61. The lowest BCUT2D eigenvalue weighted by Crippen LogP contribution is -2.43. The molecule has 0 aliphatic carbocycles. The summed E-state index contributed by atoms with van der Waals surface area (Å²) in [6.07, 6.45) is 3.03. The van der Waals surface area contributed by atoms with E-state index in [1.54, 1.807) is 42.3 Å². The molecule has 2 heterocycles. The molecule has 1 aliphatic heterocycles. The zero-order chi connectivity index (χ0) is 25.6. The quantitative estimate of drug-likeness (QED) is 0.637. The van der Waals surface area contributed by atoms with Gasteiger partial charge in [0.15, 0.2) is 0 Å². The number of hydrogen-bond donors (Lipinski definition) is 1. The summed E-state index contributed by atoms with van der Waals surface area (Å²) in [7, 11) is 1.56. The topological polar surface area (TPSA) is 93.1 Å². The molecule has 9 heteroatoms. The fourth-order valence-electron chi connectivity index (χ4n) is 4.11. The highest BCUT2D eigenvalue weighted by Crippen LogP contribution is 2.26. The zero-order valence-corrected chi connectivity index (χ0v) is 21.2. The van der Waals surface area contributed by atoms with Crippen molar-refractivity contribution in [1.82, 2.24) is 14.4 Å². The number of piperidine rings is 1. The number of carbonyl (C=O) groups excluding carboxylic acids is 3. The smallest absolute Gasteiger partial charge is 0.410 e. The van der Waals surface area contributed by atoms with Gasteiger partial charge in [0, 0.05) is 43.6 Å². The molecule has 1 aliphatic rings. The summed E-state index contributed by atoms with van der Waals surface area (Å²) >= 11 is 0. The molecule has 0 bridgehead atoms. The Kier molecular flexibility index (Phi) is 8.43. The van der Waals surface area contributed by atoms with Crippen molar-refractivity contribution in [2.45, 2.75) is 52.2 Å². The van der Waals surface area contributed by atoms with Crippen LogP contribution in [-0.2, 0) is 9.53 Å². The van der Waals surface area contributed by atoms with E-state index in [0.717, 1.165) is 12.8 Å². The van der Waals surface area contributed by atoms with Crippen LogP contribution in [0.4, 0.5) is 10.5 Å². The minimum atomic E-state index is -0.531. The van der Waals surface area contributed by atoms with E-state index in [9.17, 15) is 14.4 Å². The van der Waals surface area contributed by atoms with Crippen molar-refractivity contribution in [2.24, 2.45) is 0 Å². The number of hydrogen-bond acceptors (Lipinski definition) is 5. The predicted octanol–water partition coefficient (Wildman–Crippen LogP) is 4.17. The van der Waals surface area contributed by atoms with Gasteiger partial charge in [0.1, 0.15) is 23.6 Å². The first-order chi connectivity index (χ1) is 16.6. The summed E-state index contributed by atoms with van der Waals surface area (Å²) < 4.78 is 12.6. The number of nitrogens with zero attached hydrogens (tertiary/aromatic N) is 3. The number of anilines is 1. The van der Waals surface area contributed by atoms with Crippen molar-refractivity contribution < 1.29 is 23.9 Å². The highest BCUT2D eigenvalue weighted by atomic mass is 16.6. The first-order valence-corrected chi connectivity index (χ1v) is 12.0. The second kappa shape index (κ2) is 11.3. The molecule has 3 rings (SSSR count). The molecule has 0 spiro atoms. The Morgan fingerprint density at radius 3 is 2.46 bits per heavy atom. The lowest BCUT2D eigenvalue weighted by Gasteiger charge is -2.34. The van der Waals surface area contributed by atoms with Crippen LogP contribution in [0, 0.1) is 0 Å². The second-order valence-electron chi connectivity index (χ2n) is 9.60. The lowest BCUT2D eigenvalue weighted by molar-refractivity contribution is -0.116. The average molecular weight is 485 g/mol. The first-order valence-electron chi connectivity index (χ1n) is 12.0. The molecule has 1 N–H and O–H groups in total. The van der Waals surface area contributed by atoms with E-state index in [1.165, 1.54) is 4.90 Å². The number of amides is 3. The number of likely N-dealkylation sites (tertiary alicyclic amines) is 1. The molecule has 190 valence electrons. The SMILES string of the molecule is CCN(CC(=O)Nc1cccc(OC)c1)C(=O)c1cccn1C1CCN(C(=O)OC(C)(C)C)CC1. The van der Waals surface area contributed by atoms with Gasteiger partial charge in [-0.3, -0.25) is 9.59 Å². The van der Waals surface area contributed by atoms with E-state index < -0.39 is 5.60 Å². The van der Waals surface area contributed by atoms with Crippen molar-refractivity contribution >= 4 is 23.6 Å². The maximum absolute atomic E-state index is 13.3. The third kappa shape index (κ3) is 7.00.